The third-order valence-electron chi connectivity index (χ3n) is 6.81. The average Bonchev–Trinajstić information content (AvgIpc) is 3.33. The summed E-state index contributed by atoms with van der Waals surface area (Å²) in [7, 11) is 11.8. The summed E-state index contributed by atoms with van der Waals surface area (Å²) in [5.74, 6) is 0.714. The number of carbonyl (C=O) groups excluding carboxylic acids is 1. The highest BCUT2D eigenvalue weighted by atomic mass is 16.5. The molecule has 2 aromatic heterocycles. The van der Waals surface area contributed by atoms with E-state index in [-0.39, 0.29) is 5.91 Å². The van der Waals surface area contributed by atoms with Crippen LogP contribution in [0.3, 0.4) is 0 Å². The maximum atomic E-state index is 12.3. The summed E-state index contributed by atoms with van der Waals surface area (Å²) in [4.78, 5) is 31.7. The van der Waals surface area contributed by atoms with Crippen molar-refractivity contribution in [1.29, 1.82) is 0 Å². The number of aromatic amines is 1. The smallest absolute Gasteiger partial charge is 0.247 e. The molecule has 4 rings (SSSR count). The van der Waals surface area contributed by atoms with Gasteiger partial charge in [0.15, 0.2) is 0 Å². The van der Waals surface area contributed by atoms with Crippen molar-refractivity contribution in [3.05, 3.63) is 67.0 Å². The number of ether oxygens (including phenoxy) is 1. The Labute approximate surface area is 242 Å². The third kappa shape index (κ3) is 7.22. The molecule has 0 atom stereocenters. The number of hydrogen-bond donors (Lipinski definition) is 3. The maximum Gasteiger partial charge on any atom is 0.247 e. The summed E-state index contributed by atoms with van der Waals surface area (Å²) in [6, 6.07) is 13.9. The minimum atomic E-state index is -0.300. The van der Waals surface area contributed by atoms with Crippen molar-refractivity contribution in [2.24, 2.45) is 0 Å². The van der Waals surface area contributed by atoms with Crippen molar-refractivity contribution in [1.82, 2.24) is 24.8 Å². The van der Waals surface area contributed by atoms with Gasteiger partial charge in [-0.25, -0.2) is 9.97 Å². The Kier molecular flexibility index (Phi) is 9.59. The van der Waals surface area contributed by atoms with Crippen LogP contribution in [-0.4, -0.2) is 92.6 Å². The van der Waals surface area contributed by atoms with Crippen LogP contribution >= 0.6 is 0 Å². The second-order valence-corrected chi connectivity index (χ2v) is 10.5. The van der Waals surface area contributed by atoms with E-state index >= 15 is 0 Å². The molecule has 4 aromatic rings. The van der Waals surface area contributed by atoms with Crippen LogP contribution in [-0.2, 0) is 11.2 Å². The molecule has 10 heteroatoms. The minimum absolute atomic E-state index is 0.300. The van der Waals surface area contributed by atoms with Crippen LogP contribution in [0.15, 0.2) is 61.3 Å². The molecule has 0 radical (unpaired) electrons. The summed E-state index contributed by atoms with van der Waals surface area (Å²) in [6.45, 7) is 6.11. The largest absolute Gasteiger partial charge is 0.494 e. The number of likely N-dealkylation sites (N-methyl/N-ethyl adjacent to an activating group) is 3. The summed E-state index contributed by atoms with van der Waals surface area (Å²) < 4.78 is 5.76. The highest BCUT2D eigenvalue weighted by molar-refractivity contribution is 6.02. The first-order valence-corrected chi connectivity index (χ1v) is 13.6. The molecular weight excluding hydrogens is 516 g/mol. The van der Waals surface area contributed by atoms with Gasteiger partial charge in [-0.2, -0.15) is 0 Å². The monoisotopic (exact) mass is 556 g/mol. The second-order valence-electron chi connectivity index (χ2n) is 10.5. The number of nitrogens with zero attached hydrogens (tertiary/aromatic N) is 5. The van der Waals surface area contributed by atoms with E-state index in [1.54, 1.807) is 13.3 Å². The molecule has 216 valence electrons. The van der Waals surface area contributed by atoms with Gasteiger partial charge in [0.05, 0.1) is 29.9 Å². The zero-order chi connectivity index (χ0) is 29.5. The summed E-state index contributed by atoms with van der Waals surface area (Å²) in [6.07, 6.45) is 3.85. The van der Waals surface area contributed by atoms with Crippen molar-refractivity contribution >= 4 is 39.8 Å². The molecule has 0 saturated carbocycles. The summed E-state index contributed by atoms with van der Waals surface area (Å²) in [5.41, 5.74) is 6.15. The van der Waals surface area contributed by atoms with Crippen LogP contribution in [0.1, 0.15) is 5.69 Å². The fourth-order valence-electron chi connectivity index (χ4n) is 4.60. The number of H-pyrrole nitrogens is 1. The second kappa shape index (κ2) is 13.3. The number of carbonyl (C=O) groups is 1. The first-order chi connectivity index (χ1) is 19.7. The summed E-state index contributed by atoms with van der Waals surface area (Å²) in [5, 5.41) is 7.37. The lowest BCUT2D eigenvalue weighted by Crippen LogP contribution is -2.29. The molecular formula is C31H40N8O2. The quantitative estimate of drug-likeness (QED) is 0.205. The van der Waals surface area contributed by atoms with E-state index in [9.17, 15) is 4.79 Å². The highest BCUT2D eigenvalue weighted by Gasteiger charge is 2.18. The van der Waals surface area contributed by atoms with Crippen LogP contribution in [0.5, 0.6) is 5.75 Å². The number of hydrogen-bond acceptors (Lipinski definition) is 8. The zero-order valence-corrected chi connectivity index (χ0v) is 24.8. The van der Waals surface area contributed by atoms with Gasteiger partial charge < -0.3 is 35.1 Å². The van der Waals surface area contributed by atoms with E-state index in [4.69, 9.17) is 9.72 Å². The average molecular weight is 557 g/mol. The fourth-order valence-corrected chi connectivity index (χ4v) is 4.60. The SMILES string of the molecule is C=CC(=O)Nc1cc(Nc2nccc(-c3c(CCN(C)C)[nH]c4ccccc34)n2)c(OC)cc1N(C)CCN(C)C. The molecule has 2 heterocycles. The molecule has 0 unspecified atom stereocenters. The van der Waals surface area contributed by atoms with Gasteiger partial charge in [0, 0.05) is 67.5 Å². The number of anilines is 4. The molecule has 0 aliphatic rings. The Balaban J connectivity index is 1.72. The lowest BCUT2D eigenvalue weighted by atomic mass is 10.1. The number of benzene rings is 2. The molecule has 1 amide bonds. The first-order valence-electron chi connectivity index (χ1n) is 13.6. The maximum absolute atomic E-state index is 12.3. The van der Waals surface area contributed by atoms with Gasteiger partial charge in [-0.15, -0.1) is 0 Å². The van der Waals surface area contributed by atoms with Gasteiger partial charge in [-0.3, -0.25) is 4.79 Å². The van der Waals surface area contributed by atoms with Gasteiger partial charge in [0.2, 0.25) is 11.9 Å². The van der Waals surface area contributed by atoms with E-state index in [1.165, 1.54) is 6.08 Å². The van der Waals surface area contributed by atoms with Gasteiger partial charge in [0.1, 0.15) is 5.75 Å². The Hall–Kier alpha value is -4.41. The number of methoxy groups -OCH3 is 1. The number of nitrogens with one attached hydrogen (secondary N) is 3. The first kappa shape index (κ1) is 29.6. The van der Waals surface area contributed by atoms with Crippen molar-refractivity contribution in [2.45, 2.75) is 6.42 Å². The Bertz CT molecular complexity index is 1510. The van der Waals surface area contributed by atoms with E-state index in [1.807, 2.05) is 51.5 Å². The van der Waals surface area contributed by atoms with Crippen molar-refractivity contribution in [3.8, 4) is 17.0 Å². The van der Waals surface area contributed by atoms with Crippen LogP contribution in [0.2, 0.25) is 0 Å². The number of fused-ring (bicyclic) bond motifs is 1. The lowest BCUT2D eigenvalue weighted by molar-refractivity contribution is -0.111. The van der Waals surface area contributed by atoms with Crippen LogP contribution in [0.25, 0.3) is 22.2 Å². The van der Waals surface area contributed by atoms with Gasteiger partial charge in [-0.1, -0.05) is 24.8 Å². The Morgan fingerprint density at radius 1 is 1.02 bits per heavy atom. The van der Waals surface area contributed by atoms with Crippen molar-refractivity contribution in [3.63, 3.8) is 0 Å². The minimum Gasteiger partial charge on any atom is -0.494 e. The number of amides is 1. The third-order valence-corrected chi connectivity index (χ3v) is 6.81. The van der Waals surface area contributed by atoms with E-state index in [0.29, 0.717) is 23.1 Å². The van der Waals surface area contributed by atoms with Gasteiger partial charge >= 0.3 is 0 Å². The van der Waals surface area contributed by atoms with Crippen LogP contribution in [0, 0.1) is 0 Å². The predicted octanol–water partition coefficient (Wildman–Crippen LogP) is 4.60. The molecule has 10 nitrogen and oxygen atoms in total. The van der Waals surface area contributed by atoms with E-state index in [0.717, 1.165) is 59.6 Å². The standard InChI is InChI=1S/C31H40N8O2/c1-8-29(40)34-25-19-26(28(41-7)20-27(25)39(6)18-17-38(4)5)36-31-32-15-13-23(35-31)30-21-11-9-10-12-22(21)33-24(30)14-16-37(2)3/h8-13,15,19-20,33H,1,14,16-18H2,2-7H3,(H,34,40)(H,32,35,36). The molecule has 0 bridgehead atoms. The molecule has 3 N–H and O–H groups in total. The molecule has 2 aromatic carbocycles. The highest BCUT2D eigenvalue weighted by Crippen LogP contribution is 2.38. The van der Waals surface area contributed by atoms with Crippen molar-refractivity contribution in [2.75, 3.05) is 77.5 Å². The normalized spacial score (nSPS) is 11.2. The number of para-hydroxylation sites is 1. The van der Waals surface area contributed by atoms with E-state index < -0.39 is 0 Å². The molecule has 41 heavy (non-hydrogen) atoms. The molecule has 0 fully saturated rings. The molecule has 0 saturated heterocycles. The predicted molar refractivity (Wildman–Crippen MR) is 169 cm³/mol. The zero-order valence-electron chi connectivity index (χ0n) is 24.8. The van der Waals surface area contributed by atoms with E-state index in [2.05, 4.69) is 68.1 Å². The molecule has 0 aliphatic carbocycles. The van der Waals surface area contributed by atoms with Crippen LogP contribution < -0.4 is 20.3 Å². The molecule has 0 aliphatic heterocycles. The number of rotatable bonds is 13. The Morgan fingerprint density at radius 3 is 2.49 bits per heavy atom. The van der Waals surface area contributed by atoms with Crippen molar-refractivity contribution < 1.29 is 9.53 Å². The van der Waals surface area contributed by atoms with Gasteiger partial charge in [-0.05, 0) is 52.5 Å². The lowest BCUT2D eigenvalue weighted by Gasteiger charge is -2.26. The Morgan fingerprint density at radius 2 is 1.78 bits per heavy atom. The molecule has 0 spiro atoms. The summed E-state index contributed by atoms with van der Waals surface area (Å²) >= 11 is 0. The topological polar surface area (TPSA) is 102 Å². The fraction of sp³-hybridized carbons (Fsp3) is 0.323. The number of aromatic nitrogens is 3. The van der Waals surface area contributed by atoms with Crippen LogP contribution in [0.4, 0.5) is 23.0 Å². The van der Waals surface area contributed by atoms with Gasteiger partial charge in [0.25, 0.3) is 0 Å².